The Hall–Kier alpha value is -3.15. The third kappa shape index (κ3) is 5.44. The third-order valence-corrected chi connectivity index (χ3v) is 6.61. The van der Waals surface area contributed by atoms with Crippen molar-refractivity contribution in [1.82, 2.24) is 10.2 Å². The van der Waals surface area contributed by atoms with Crippen molar-refractivity contribution in [1.29, 1.82) is 0 Å². The van der Waals surface area contributed by atoms with E-state index in [0.29, 0.717) is 35.7 Å². The van der Waals surface area contributed by atoms with E-state index in [0.717, 1.165) is 0 Å². The molecule has 0 radical (unpaired) electrons. The molecule has 1 unspecified atom stereocenters. The molecule has 1 saturated heterocycles. The lowest BCUT2D eigenvalue weighted by Gasteiger charge is -2.30. The van der Waals surface area contributed by atoms with Crippen molar-refractivity contribution in [2.45, 2.75) is 16.9 Å². The van der Waals surface area contributed by atoms with E-state index in [1.54, 1.807) is 25.2 Å². The first-order chi connectivity index (χ1) is 15.6. The first-order valence-electron chi connectivity index (χ1n) is 9.88. The van der Waals surface area contributed by atoms with Gasteiger partial charge in [0.1, 0.15) is 0 Å². The largest absolute Gasteiger partial charge is 0.454 e. The summed E-state index contributed by atoms with van der Waals surface area (Å²) >= 11 is 6.15. The van der Waals surface area contributed by atoms with Gasteiger partial charge in [0.15, 0.2) is 5.60 Å². The predicted octanol–water partition coefficient (Wildman–Crippen LogP) is 1.06. The third-order valence-electron chi connectivity index (χ3n) is 5.45. The number of nitrogens with one attached hydrogen (secondary N) is 2. The molecule has 0 spiro atoms. The molecule has 10 nitrogen and oxygen atoms in total. The number of hydrogen-bond donors (Lipinski definition) is 3. The standard InChI is InChI=1S/C21H23ClN4O6S/c1-24-18-7-4-15(22)10-17(18)21(32-13-27)8-9-26(12-21)19(28)11-25-20(29)14-2-5-16(6-3-14)33(23,30)31/h2-7,10,13,24H,8-9,11-12H2,1H3,(H,25,29)(H2,23,30,31). The molecule has 0 bridgehead atoms. The van der Waals surface area contributed by atoms with Crippen LogP contribution in [0, 0.1) is 0 Å². The topological polar surface area (TPSA) is 148 Å². The Balaban J connectivity index is 1.68. The van der Waals surface area contributed by atoms with Gasteiger partial charge in [-0.05, 0) is 42.5 Å². The molecule has 0 aliphatic carbocycles. The van der Waals surface area contributed by atoms with E-state index >= 15 is 0 Å². The van der Waals surface area contributed by atoms with Crippen molar-refractivity contribution in [3.05, 3.63) is 58.6 Å². The number of likely N-dealkylation sites (tertiary alicyclic amines) is 1. The number of benzene rings is 2. The Morgan fingerprint density at radius 2 is 1.94 bits per heavy atom. The number of halogens is 1. The summed E-state index contributed by atoms with van der Waals surface area (Å²) in [5.41, 5.74) is 0.465. The van der Waals surface area contributed by atoms with E-state index in [4.69, 9.17) is 21.5 Å². The molecule has 33 heavy (non-hydrogen) atoms. The molecule has 0 aromatic heterocycles. The first kappa shape index (κ1) is 24.5. The van der Waals surface area contributed by atoms with E-state index in [1.807, 2.05) is 0 Å². The summed E-state index contributed by atoms with van der Waals surface area (Å²) in [6, 6.07) is 10.2. The predicted molar refractivity (Wildman–Crippen MR) is 121 cm³/mol. The summed E-state index contributed by atoms with van der Waals surface area (Å²) in [5, 5.41) is 11.1. The van der Waals surface area contributed by atoms with Crippen LogP contribution in [-0.2, 0) is 30.0 Å². The normalized spacial score (nSPS) is 18.0. The maximum Gasteiger partial charge on any atom is 0.294 e. The van der Waals surface area contributed by atoms with Gasteiger partial charge >= 0.3 is 0 Å². The van der Waals surface area contributed by atoms with E-state index in [-0.39, 0.29) is 29.5 Å². The molecule has 3 rings (SSSR count). The number of nitrogens with zero attached hydrogens (tertiary/aromatic N) is 1. The Bertz CT molecular complexity index is 1170. The second kappa shape index (κ2) is 9.77. The molecule has 12 heteroatoms. The average molecular weight is 495 g/mol. The highest BCUT2D eigenvalue weighted by Gasteiger charge is 2.44. The maximum atomic E-state index is 12.7. The van der Waals surface area contributed by atoms with Gasteiger partial charge in [0.25, 0.3) is 12.4 Å². The smallest absolute Gasteiger partial charge is 0.294 e. The molecular formula is C21H23ClN4O6S. The Morgan fingerprint density at radius 1 is 1.24 bits per heavy atom. The number of amides is 2. The van der Waals surface area contributed by atoms with Crippen LogP contribution in [0.1, 0.15) is 22.3 Å². The van der Waals surface area contributed by atoms with Gasteiger partial charge in [-0.25, -0.2) is 13.6 Å². The second-order valence-corrected chi connectivity index (χ2v) is 9.46. The van der Waals surface area contributed by atoms with Crippen LogP contribution in [0.25, 0.3) is 0 Å². The van der Waals surface area contributed by atoms with Crippen molar-refractivity contribution in [2.75, 3.05) is 32.0 Å². The fraction of sp³-hybridized carbons (Fsp3) is 0.286. The monoisotopic (exact) mass is 494 g/mol. The van der Waals surface area contributed by atoms with E-state index in [9.17, 15) is 22.8 Å². The zero-order chi connectivity index (χ0) is 24.2. The fourth-order valence-corrected chi connectivity index (χ4v) is 4.43. The lowest BCUT2D eigenvalue weighted by atomic mass is 9.91. The van der Waals surface area contributed by atoms with Crippen molar-refractivity contribution < 1.29 is 27.5 Å². The number of anilines is 1. The number of nitrogens with two attached hydrogens (primary N) is 1. The molecule has 1 fully saturated rings. The molecule has 2 amide bonds. The maximum absolute atomic E-state index is 12.7. The number of ether oxygens (including phenoxy) is 1. The summed E-state index contributed by atoms with van der Waals surface area (Å²) < 4.78 is 28.1. The molecule has 2 aromatic carbocycles. The number of primary sulfonamides is 1. The molecule has 1 aliphatic heterocycles. The van der Waals surface area contributed by atoms with Crippen LogP contribution in [0.4, 0.5) is 5.69 Å². The molecule has 4 N–H and O–H groups in total. The number of rotatable bonds is 8. The molecule has 176 valence electrons. The van der Waals surface area contributed by atoms with Gasteiger partial charge in [0.05, 0.1) is 18.0 Å². The van der Waals surface area contributed by atoms with Crippen LogP contribution >= 0.6 is 11.6 Å². The quantitative estimate of drug-likeness (QED) is 0.464. The molecule has 0 saturated carbocycles. The van der Waals surface area contributed by atoms with Crippen molar-refractivity contribution in [3.8, 4) is 0 Å². The molecule has 1 aliphatic rings. The summed E-state index contributed by atoms with van der Waals surface area (Å²) in [7, 11) is -2.14. The Kier molecular flexibility index (Phi) is 7.25. The summed E-state index contributed by atoms with van der Waals surface area (Å²) in [6.07, 6.45) is 0.357. The minimum atomic E-state index is -3.87. The van der Waals surface area contributed by atoms with Crippen LogP contribution in [-0.4, -0.2) is 58.3 Å². The van der Waals surface area contributed by atoms with Gasteiger partial charge in [-0.15, -0.1) is 0 Å². The number of hydrogen-bond acceptors (Lipinski definition) is 7. The van der Waals surface area contributed by atoms with Crippen LogP contribution in [0.15, 0.2) is 47.4 Å². The molecule has 1 atom stereocenters. The van der Waals surface area contributed by atoms with Crippen molar-refractivity contribution in [3.63, 3.8) is 0 Å². The zero-order valence-corrected chi connectivity index (χ0v) is 19.3. The SMILES string of the molecule is CNc1ccc(Cl)cc1C1(OC=O)CCN(C(=O)CNC(=O)c2ccc(S(N)(=O)=O)cc2)C1. The van der Waals surface area contributed by atoms with Gasteiger partial charge in [0.2, 0.25) is 15.9 Å². The highest BCUT2D eigenvalue weighted by atomic mass is 35.5. The lowest BCUT2D eigenvalue weighted by Crippen LogP contribution is -2.41. The zero-order valence-electron chi connectivity index (χ0n) is 17.7. The summed E-state index contributed by atoms with van der Waals surface area (Å²) in [4.78, 5) is 37.7. The minimum Gasteiger partial charge on any atom is -0.454 e. The van der Waals surface area contributed by atoms with Gasteiger partial charge < -0.3 is 20.3 Å². The van der Waals surface area contributed by atoms with E-state index < -0.39 is 21.5 Å². The second-order valence-electron chi connectivity index (χ2n) is 7.47. The molecular weight excluding hydrogens is 472 g/mol. The highest BCUT2D eigenvalue weighted by Crippen LogP contribution is 2.40. The number of carbonyl (C=O) groups excluding carboxylic acids is 3. The summed E-state index contributed by atoms with van der Waals surface area (Å²) in [5.74, 6) is -0.917. The van der Waals surface area contributed by atoms with Crippen LogP contribution < -0.4 is 15.8 Å². The van der Waals surface area contributed by atoms with Crippen molar-refractivity contribution >= 4 is 45.6 Å². The highest BCUT2D eigenvalue weighted by molar-refractivity contribution is 7.89. The summed E-state index contributed by atoms with van der Waals surface area (Å²) in [6.45, 7) is 0.461. The number of carbonyl (C=O) groups is 3. The van der Waals surface area contributed by atoms with Gasteiger partial charge in [0, 0.05) is 41.9 Å². The van der Waals surface area contributed by atoms with Crippen molar-refractivity contribution in [2.24, 2.45) is 5.14 Å². The molecule has 1 heterocycles. The Labute approximate surface area is 196 Å². The van der Waals surface area contributed by atoms with Gasteiger partial charge in [-0.3, -0.25) is 14.4 Å². The van der Waals surface area contributed by atoms with E-state index in [2.05, 4.69) is 10.6 Å². The van der Waals surface area contributed by atoms with Crippen LogP contribution in [0.5, 0.6) is 0 Å². The Morgan fingerprint density at radius 3 is 2.55 bits per heavy atom. The van der Waals surface area contributed by atoms with Crippen LogP contribution in [0.2, 0.25) is 5.02 Å². The lowest BCUT2D eigenvalue weighted by molar-refractivity contribution is -0.145. The minimum absolute atomic E-state index is 0.0958. The fourth-order valence-electron chi connectivity index (χ4n) is 3.74. The number of sulfonamides is 1. The van der Waals surface area contributed by atoms with Crippen LogP contribution in [0.3, 0.4) is 0 Å². The van der Waals surface area contributed by atoms with Gasteiger partial charge in [-0.2, -0.15) is 0 Å². The average Bonchev–Trinajstić information content (AvgIpc) is 3.22. The molecule has 2 aromatic rings. The van der Waals surface area contributed by atoms with E-state index in [1.165, 1.54) is 29.2 Å². The van der Waals surface area contributed by atoms with Gasteiger partial charge in [-0.1, -0.05) is 11.6 Å². The first-order valence-corrected chi connectivity index (χ1v) is 11.8.